The molecular weight excluding hydrogens is 274 g/mol. The number of amides is 2. The Morgan fingerprint density at radius 2 is 2.20 bits per heavy atom. The van der Waals surface area contributed by atoms with Crippen LogP contribution in [0.1, 0.15) is 37.1 Å². The van der Waals surface area contributed by atoms with E-state index < -0.39 is 12.1 Å². The molecule has 1 aliphatic rings. The van der Waals surface area contributed by atoms with Crippen molar-refractivity contribution in [2.75, 3.05) is 0 Å². The Morgan fingerprint density at radius 3 is 2.75 bits per heavy atom. The van der Waals surface area contributed by atoms with Gasteiger partial charge in [-0.05, 0) is 19.8 Å². The predicted octanol–water partition coefficient (Wildman–Crippen LogP) is 1.71. The lowest BCUT2D eigenvalue weighted by Crippen LogP contribution is -2.63. The number of carbonyl (C=O) groups excluding carboxylic acids is 2. The fraction of sp³-hybridized carbons (Fsp3) is 0.643. The molecule has 0 saturated carbocycles. The van der Waals surface area contributed by atoms with Crippen LogP contribution in [0.3, 0.4) is 0 Å². The van der Waals surface area contributed by atoms with Crippen LogP contribution in [0.25, 0.3) is 0 Å². The minimum atomic E-state index is -0.426. The van der Waals surface area contributed by atoms with Crippen molar-refractivity contribution in [2.24, 2.45) is 5.92 Å². The van der Waals surface area contributed by atoms with Gasteiger partial charge in [0.05, 0.1) is 11.6 Å². The lowest BCUT2D eigenvalue weighted by atomic mass is 9.94. The summed E-state index contributed by atoms with van der Waals surface area (Å²) >= 11 is 1.57. The highest BCUT2D eigenvalue weighted by molar-refractivity contribution is 7.11. The van der Waals surface area contributed by atoms with Crippen molar-refractivity contribution in [3.63, 3.8) is 0 Å². The molecule has 0 spiro atoms. The van der Waals surface area contributed by atoms with Gasteiger partial charge in [-0.25, -0.2) is 4.98 Å². The second-order valence-corrected chi connectivity index (χ2v) is 6.68. The zero-order valence-corrected chi connectivity index (χ0v) is 13.2. The first kappa shape index (κ1) is 15.0. The molecule has 2 heterocycles. The fourth-order valence-corrected chi connectivity index (χ4v) is 3.12. The number of rotatable bonds is 4. The molecule has 2 amide bonds. The van der Waals surface area contributed by atoms with E-state index in [1.165, 1.54) is 0 Å². The smallest absolute Gasteiger partial charge is 0.246 e. The number of aryl methyl sites for hydroxylation is 1. The molecule has 1 aromatic rings. The van der Waals surface area contributed by atoms with Crippen molar-refractivity contribution in [3.05, 3.63) is 16.1 Å². The lowest BCUT2D eigenvalue weighted by Gasteiger charge is -2.39. The third-order valence-electron chi connectivity index (χ3n) is 3.90. The number of thiazole rings is 1. The third kappa shape index (κ3) is 2.85. The van der Waals surface area contributed by atoms with Crippen LogP contribution in [0.5, 0.6) is 0 Å². The first-order chi connectivity index (χ1) is 9.43. The topological polar surface area (TPSA) is 62.3 Å². The molecule has 0 aliphatic carbocycles. The van der Waals surface area contributed by atoms with Crippen molar-refractivity contribution in [1.29, 1.82) is 0 Å². The summed E-state index contributed by atoms with van der Waals surface area (Å²) in [4.78, 5) is 31.5. The van der Waals surface area contributed by atoms with Gasteiger partial charge in [-0.15, -0.1) is 11.3 Å². The molecule has 110 valence electrons. The number of nitrogens with one attached hydrogen (secondary N) is 1. The van der Waals surface area contributed by atoms with Crippen LogP contribution in [0.15, 0.2) is 6.20 Å². The summed E-state index contributed by atoms with van der Waals surface area (Å²) in [6, 6.07) is -0.831. The van der Waals surface area contributed by atoms with Gasteiger partial charge < -0.3 is 10.2 Å². The number of nitrogens with zero attached hydrogens (tertiary/aromatic N) is 2. The van der Waals surface area contributed by atoms with E-state index in [1.807, 2.05) is 20.8 Å². The Balaban J connectivity index is 2.19. The minimum Gasteiger partial charge on any atom is -0.342 e. The largest absolute Gasteiger partial charge is 0.342 e. The van der Waals surface area contributed by atoms with E-state index in [0.29, 0.717) is 6.54 Å². The van der Waals surface area contributed by atoms with Crippen LogP contribution < -0.4 is 5.32 Å². The highest BCUT2D eigenvalue weighted by atomic mass is 32.1. The molecule has 5 nitrogen and oxygen atoms in total. The molecule has 1 aliphatic heterocycles. The van der Waals surface area contributed by atoms with Crippen molar-refractivity contribution in [1.82, 2.24) is 15.2 Å². The molecule has 1 N–H and O–H groups in total. The standard InChI is InChI=1S/C14H21N3O2S/c1-5-8(2)12-14(19)17(9(3)13(18)16-12)7-11-6-15-10(4)20-11/h6,8-9,12H,5,7H2,1-4H3,(H,16,18). The summed E-state index contributed by atoms with van der Waals surface area (Å²) in [6.07, 6.45) is 2.64. The van der Waals surface area contributed by atoms with Gasteiger partial charge in [0, 0.05) is 11.1 Å². The van der Waals surface area contributed by atoms with Gasteiger partial charge in [0.25, 0.3) is 0 Å². The van der Waals surface area contributed by atoms with Crippen LogP contribution in [0.2, 0.25) is 0 Å². The van der Waals surface area contributed by atoms with Crippen molar-refractivity contribution in [3.8, 4) is 0 Å². The summed E-state index contributed by atoms with van der Waals surface area (Å²) in [7, 11) is 0. The van der Waals surface area contributed by atoms with E-state index in [1.54, 1.807) is 29.4 Å². The van der Waals surface area contributed by atoms with Crippen LogP contribution >= 0.6 is 11.3 Å². The molecule has 0 aromatic carbocycles. The maximum atomic E-state index is 12.6. The maximum Gasteiger partial charge on any atom is 0.246 e. The quantitative estimate of drug-likeness (QED) is 0.920. The number of hydrogen-bond donors (Lipinski definition) is 1. The zero-order chi connectivity index (χ0) is 14.9. The number of piperazine rings is 1. The molecule has 1 saturated heterocycles. The van der Waals surface area contributed by atoms with E-state index >= 15 is 0 Å². The number of carbonyl (C=O) groups is 2. The van der Waals surface area contributed by atoms with E-state index in [-0.39, 0.29) is 17.7 Å². The summed E-state index contributed by atoms with van der Waals surface area (Å²) in [6.45, 7) is 8.19. The second kappa shape index (κ2) is 5.91. The Labute approximate surface area is 123 Å². The molecule has 20 heavy (non-hydrogen) atoms. The minimum absolute atomic E-state index is 0.0116. The molecule has 3 atom stereocenters. The van der Waals surface area contributed by atoms with Gasteiger partial charge in [0.2, 0.25) is 11.8 Å². The van der Waals surface area contributed by atoms with E-state index in [2.05, 4.69) is 10.3 Å². The van der Waals surface area contributed by atoms with E-state index in [0.717, 1.165) is 16.3 Å². The molecule has 0 bridgehead atoms. The summed E-state index contributed by atoms with van der Waals surface area (Å²) < 4.78 is 0. The number of aromatic nitrogens is 1. The molecule has 1 aromatic heterocycles. The average Bonchev–Trinajstić information content (AvgIpc) is 2.83. The third-order valence-corrected chi connectivity index (χ3v) is 4.80. The van der Waals surface area contributed by atoms with E-state index in [4.69, 9.17) is 0 Å². The molecule has 3 unspecified atom stereocenters. The lowest BCUT2D eigenvalue weighted by molar-refractivity contribution is -0.150. The summed E-state index contributed by atoms with van der Waals surface area (Å²) in [5.74, 6) is 0.0817. The monoisotopic (exact) mass is 295 g/mol. The SMILES string of the molecule is CCC(C)C1NC(=O)C(C)N(Cc2cnc(C)s2)C1=O. The summed E-state index contributed by atoms with van der Waals surface area (Å²) in [5, 5.41) is 3.82. The Morgan fingerprint density at radius 1 is 1.50 bits per heavy atom. The van der Waals surface area contributed by atoms with Gasteiger partial charge in [-0.2, -0.15) is 0 Å². The fourth-order valence-electron chi connectivity index (χ4n) is 2.33. The van der Waals surface area contributed by atoms with Crippen molar-refractivity contribution >= 4 is 23.2 Å². The zero-order valence-electron chi connectivity index (χ0n) is 12.3. The van der Waals surface area contributed by atoms with Gasteiger partial charge in [0.1, 0.15) is 12.1 Å². The number of hydrogen-bond acceptors (Lipinski definition) is 4. The Bertz CT molecular complexity index is 514. The Kier molecular flexibility index (Phi) is 4.42. The molecule has 0 radical (unpaired) electrons. The summed E-state index contributed by atoms with van der Waals surface area (Å²) in [5.41, 5.74) is 0. The van der Waals surface area contributed by atoms with Crippen LogP contribution in [0, 0.1) is 12.8 Å². The second-order valence-electron chi connectivity index (χ2n) is 5.36. The normalized spacial score (nSPS) is 24.7. The van der Waals surface area contributed by atoms with Crippen LogP contribution in [-0.4, -0.2) is 33.8 Å². The first-order valence-electron chi connectivity index (χ1n) is 6.96. The van der Waals surface area contributed by atoms with Gasteiger partial charge >= 0.3 is 0 Å². The van der Waals surface area contributed by atoms with Gasteiger partial charge in [0.15, 0.2) is 0 Å². The van der Waals surface area contributed by atoms with Crippen LogP contribution in [-0.2, 0) is 16.1 Å². The van der Waals surface area contributed by atoms with Crippen molar-refractivity contribution < 1.29 is 9.59 Å². The molecule has 2 rings (SSSR count). The highest BCUT2D eigenvalue weighted by Crippen LogP contribution is 2.22. The predicted molar refractivity (Wildman–Crippen MR) is 78.2 cm³/mol. The maximum absolute atomic E-state index is 12.6. The molecule has 6 heteroatoms. The molecular formula is C14H21N3O2S. The highest BCUT2D eigenvalue weighted by Gasteiger charge is 2.40. The van der Waals surface area contributed by atoms with E-state index in [9.17, 15) is 9.59 Å². The molecule has 1 fully saturated rings. The Hall–Kier alpha value is -1.43. The van der Waals surface area contributed by atoms with Gasteiger partial charge in [-0.1, -0.05) is 20.3 Å². The van der Waals surface area contributed by atoms with Crippen LogP contribution in [0.4, 0.5) is 0 Å². The van der Waals surface area contributed by atoms with Crippen molar-refractivity contribution in [2.45, 2.75) is 52.7 Å². The van der Waals surface area contributed by atoms with Gasteiger partial charge in [-0.3, -0.25) is 9.59 Å². The first-order valence-corrected chi connectivity index (χ1v) is 7.77. The average molecular weight is 295 g/mol.